The molecule has 0 aliphatic heterocycles. The zero-order valence-electron chi connectivity index (χ0n) is 8.92. The lowest BCUT2D eigenvalue weighted by Crippen LogP contribution is -2.12. The number of nitrogens with zero attached hydrogens (tertiary/aromatic N) is 1. The first-order valence-corrected chi connectivity index (χ1v) is 5.22. The van der Waals surface area contributed by atoms with Crippen molar-refractivity contribution in [2.45, 2.75) is 6.92 Å². The molecule has 17 heavy (non-hydrogen) atoms. The van der Waals surface area contributed by atoms with Gasteiger partial charge in [0.15, 0.2) is 5.82 Å². The molecule has 0 aliphatic rings. The van der Waals surface area contributed by atoms with E-state index in [1.54, 1.807) is 6.07 Å². The van der Waals surface area contributed by atoms with E-state index in [-0.39, 0.29) is 10.6 Å². The second kappa shape index (κ2) is 4.55. The molecule has 0 fully saturated rings. The summed E-state index contributed by atoms with van der Waals surface area (Å²) in [4.78, 5) is 11.7. The van der Waals surface area contributed by atoms with Gasteiger partial charge >= 0.3 is 0 Å². The van der Waals surface area contributed by atoms with Crippen LogP contribution in [-0.4, -0.2) is 16.1 Å². The van der Waals surface area contributed by atoms with Gasteiger partial charge in [-0.05, 0) is 25.1 Å². The molecular formula is C11H9ClFN3O. The van der Waals surface area contributed by atoms with E-state index in [4.69, 9.17) is 11.6 Å². The van der Waals surface area contributed by atoms with E-state index in [9.17, 15) is 9.18 Å². The molecule has 1 aromatic carbocycles. The summed E-state index contributed by atoms with van der Waals surface area (Å²) in [7, 11) is 0. The van der Waals surface area contributed by atoms with Gasteiger partial charge in [0.25, 0.3) is 5.91 Å². The first kappa shape index (κ1) is 11.6. The summed E-state index contributed by atoms with van der Waals surface area (Å²) in [5, 5.41) is 9.05. The third-order valence-electron chi connectivity index (χ3n) is 2.13. The number of halogens is 2. The Kier molecular flexibility index (Phi) is 3.10. The second-order valence-corrected chi connectivity index (χ2v) is 3.93. The summed E-state index contributed by atoms with van der Waals surface area (Å²) in [6.45, 7) is 1.81. The smallest absolute Gasteiger partial charge is 0.256 e. The highest BCUT2D eigenvalue weighted by atomic mass is 35.5. The minimum atomic E-state index is -0.627. The number of rotatable bonds is 2. The van der Waals surface area contributed by atoms with E-state index >= 15 is 0 Å². The quantitative estimate of drug-likeness (QED) is 0.865. The number of nitrogens with one attached hydrogen (secondary N) is 2. The summed E-state index contributed by atoms with van der Waals surface area (Å²) in [5.41, 5.74) is 1.01. The maximum absolute atomic E-state index is 13.1. The first-order valence-electron chi connectivity index (χ1n) is 4.84. The predicted molar refractivity (Wildman–Crippen MR) is 62.7 cm³/mol. The molecule has 0 radical (unpaired) electrons. The Morgan fingerprint density at radius 3 is 2.82 bits per heavy atom. The topological polar surface area (TPSA) is 57.8 Å². The Hall–Kier alpha value is -1.88. The molecule has 0 saturated carbocycles. The standard InChI is InChI=1S/C11H9ClFN3O/c1-6-4-10(16-15-6)14-11(17)7-2-3-8(12)9(13)5-7/h2-5H,1H3,(H2,14,15,16,17). The van der Waals surface area contributed by atoms with Gasteiger partial charge in [-0.3, -0.25) is 9.89 Å². The number of benzene rings is 1. The van der Waals surface area contributed by atoms with Gasteiger partial charge in [0, 0.05) is 17.3 Å². The zero-order chi connectivity index (χ0) is 12.4. The second-order valence-electron chi connectivity index (χ2n) is 3.52. The molecule has 2 aromatic rings. The number of aromatic nitrogens is 2. The maximum Gasteiger partial charge on any atom is 0.256 e. The minimum absolute atomic E-state index is 0.0165. The van der Waals surface area contributed by atoms with Crippen LogP contribution in [0.15, 0.2) is 24.3 Å². The Bertz CT molecular complexity index is 568. The molecule has 4 nitrogen and oxygen atoms in total. The van der Waals surface area contributed by atoms with Gasteiger partial charge in [0.1, 0.15) is 5.82 Å². The van der Waals surface area contributed by atoms with Gasteiger partial charge < -0.3 is 5.32 Å². The molecule has 88 valence electrons. The normalized spacial score (nSPS) is 10.3. The molecule has 0 unspecified atom stereocenters. The van der Waals surface area contributed by atoms with Crippen LogP contribution in [0.25, 0.3) is 0 Å². The van der Waals surface area contributed by atoms with Gasteiger partial charge in [-0.2, -0.15) is 5.10 Å². The van der Waals surface area contributed by atoms with Crippen molar-refractivity contribution in [3.8, 4) is 0 Å². The van der Waals surface area contributed by atoms with Gasteiger partial charge in [-0.15, -0.1) is 0 Å². The maximum atomic E-state index is 13.1. The van der Waals surface area contributed by atoms with Gasteiger partial charge in [0.05, 0.1) is 5.02 Å². The van der Waals surface area contributed by atoms with Crippen molar-refractivity contribution in [2.24, 2.45) is 0 Å². The molecule has 0 spiro atoms. The largest absolute Gasteiger partial charge is 0.305 e. The fraction of sp³-hybridized carbons (Fsp3) is 0.0909. The Labute approximate surface area is 102 Å². The number of H-pyrrole nitrogens is 1. The summed E-state index contributed by atoms with van der Waals surface area (Å²) >= 11 is 5.52. The van der Waals surface area contributed by atoms with Gasteiger partial charge in [-0.25, -0.2) is 4.39 Å². The number of carbonyl (C=O) groups excluding carboxylic acids is 1. The molecule has 2 rings (SSSR count). The van der Waals surface area contributed by atoms with Crippen LogP contribution in [0.1, 0.15) is 16.1 Å². The van der Waals surface area contributed by atoms with Crippen LogP contribution in [0.4, 0.5) is 10.2 Å². The molecular weight excluding hydrogens is 245 g/mol. The molecule has 6 heteroatoms. The van der Waals surface area contributed by atoms with Crippen LogP contribution in [0, 0.1) is 12.7 Å². The monoisotopic (exact) mass is 253 g/mol. The summed E-state index contributed by atoms with van der Waals surface area (Å²) < 4.78 is 13.1. The molecule has 0 saturated heterocycles. The van der Waals surface area contributed by atoms with E-state index in [0.29, 0.717) is 5.82 Å². The lowest BCUT2D eigenvalue weighted by Gasteiger charge is -2.02. The average Bonchev–Trinajstić information content (AvgIpc) is 2.68. The molecule has 1 aromatic heterocycles. The van der Waals surface area contributed by atoms with Crippen molar-refractivity contribution in [1.82, 2.24) is 10.2 Å². The lowest BCUT2D eigenvalue weighted by molar-refractivity contribution is 0.102. The van der Waals surface area contributed by atoms with Crippen LogP contribution in [0.3, 0.4) is 0 Å². The first-order chi connectivity index (χ1) is 8.06. The van der Waals surface area contributed by atoms with E-state index in [1.165, 1.54) is 12.1 Å². The highest BCUT2D eigenvalue weighted by molar-refractivity contribution is 6.30. The highest BCUT2D eigenvalue weighted by Gasteiger charge is 2.10. The van der Waals surface area contributed by atoms with Crippen molar-refractivity contribution in [2.75, 3.05) is 5.32 Å². The SMILES string of the molecule is Cc1cc(NC(=O)c2ccc(Cl)c(F)c2)n[nH]1. The number of carbonyl (C=O) groups is 1. The van der Waals surface area contributed by atoms with E-state index < -0.39 is 11.7 Å². The van der Waals surface area contributed by atoms with Crippen molar-refractivity contribution in [1.29, 1.82) is 0 Å². The van der Waals surface area contributed by atoms with Crippen LogP contribution < -0.4 is 5.32 Å². The fourth-order valence-corrected chi connectivity index (χ4v) is 1.43. The van der Waals surface area contributed by atoms with Crippen molar-refractivity contribution in [3.63, 3.8) is 0 Å². The lowest BCUT2D eigenvalue weighted by atomic mass is 10.2. The number of aromatic amines is 1. The number of hydrogen-bond acceptors (Lipinski definition) is 2. The zero-order valence-corrected chi connectivity index (χ0v) is 9.68. The van der Waals surface area contributed by atoms with Crippen LogP contribution in [0.2, 0.25) is 5.02 Å². The molecule has 0 aliphatic carbocycles. The highest BCUT2D eigenvalue weighted by Crippen LogP contribution is 2.16. The minimum Gasteiger partial charge on any atom is -0.305 e. The van der Waals surface area contributed by atoms with Crippen molar-refractivity contribution >= 4 is 23.3 Å². The van der Waals surface area contributed by atoms with Gasteiger partial charge in [0.2, 0.25) is 0 Å². The molecule has 2 N–H and O–H groups in total. The van der Waals surface area contributed by atoms with Crippen molar-refractivity contribution in [3.05, 3.63) is 46.4 Å². The number of aryl methyl sites for hydroxylation is 1. The van der Waals surface area contributed by atoms with Crippen LogP contribution >= 0.6 is 11.6 Å². The number of amides is 1. The summed E-state index contributed by atoms with van der Waals surface area (Å²) in [6, 6.07) is 5.53. The van der Waals surface area contributed by atoms with Crippen LogP contribution in [0.5, 0.6) is 0 Å². The Morgan fingerprint density at radius 2 is 2.24 bits per heavy atom. The fourth-order valence-electron chi connectivity index (χ4n) is 1.31. The average molecular weight is 254 g/mol. The van der Waals surface area contributed by atoms with E-state index in [2.05, 4.69) is 15.5 Å². The Morgan fingerprint density at radius 1 is 1.47 bits per heavy atom. The molecule has 1 amide bonds. The van der Waals surface area contributed by atoms with Gasteiger partial charge in [-0.1, -0.05) is 11.6 Å². The molecule has 1 heterocycles. The number of hydrogen-bond donors (Lipinski definition) is 2. The summed E-state index contributed by atoms with van der Waals surface area (Å²) in [5.74, 6) is -0.674. The van der Waals surface area contributed by atoms with Crippen molar-refractivity contribution < 1.29 is 9.18 Å². The Balaban J connectivity index is 2.17. The van der Waals surface area contributed by atoms with E-state index in [0.717, 1.165) is 11.8 Å². The predicted octanol–water partition coefficient (Wildman–Crippen LogP) is 2.76. The summed E-state index contributed by atoms with van der Waals surface area (Å²) in [6.07, 6.45) is 0. The van der Waals surface area contributed by atoms with E-state index in [1.807, 2.05) is 6.92 Å². The molecule has 0 bridgehead atoms. The third-order valence-corrected chi connectivity index (χ3v) is 2.44. The third kappa shape index (κ3) is 2.62. The molecule has 0 atom stereocenters. The number of anilines is 1. The van der Waals surface area contributed by atoms with Crippen LogP contribution in [-0.2, 0) is 0 Å².